The van der Waals surface area contributed by atoms with Gasteiger partial charge in [0.25, 0.3) is 0 Å². The van der Waals surface area contributed by atoms with Crippen molar-refractivity contribution < 1.29 is 9.15 Å². The molecule has 0 amide bonds. The van der Waals surface area contributed by atoms with Gasteiger partial charge in [0.15, 0.2) is 11.5 Å². The number of rotatable bonds is 9. The number of ether oxygens (including phenoxy) is 1. The number of fused-ring (bicyclic) bond motifs is 1. The molecule has 0 spiro atoms. The average Bonchev–Trinajstić information content (AvgIpc) is 3.01. The topological polar surface area (TPSA) is 50.5 Å². The lowest BCUT2D eigenvalue weighted by Gasteiger charge is -2.11. The highest BCUT2D eigenvalue weighted by Gasteiger charge is 2.07. The van der Waals surface area contributed by atoms with E-state index in [0.29, 0.717) is 5.89 Å². The van der Waals surface area contributed by atoms with Crippen LogP contribution in [0.4, 0.5) is 0 Å². The van der Waals surface area contributed by atoms with Gasteiger partial charge in [-0.2, -0.15) is 0 Å². The smallest absolute Gasteiger partial charge is 0.192 e. The Bertz CT molecular complexity index is 825. The third kappa shape index (κ3) is 5.07. The number of aromatic nitrogens is 1. The molecule has 1 heterocycles. The molecule has 0 saturated heterocycles. The standard InChI is InChI=1S/C21H27N3O2/c1-16-23-21-18(6-4-7-20(21)26-16)15-22-14-17-8-10-19(11-9-17)25-13-5-12-24(2)3/h4,6-11,22H,5,12-15H2,1-3H3. The maximum absolute atomic E-state index is 5.77. The molecule has 5 nitrogen and oxygen atoms in total. The number of nitrogens with one attached hydrogen (secondary N) is 1. The summed E-state index contributed by atoms with van der Waals surface area (Å²) >= 11 is 0. The molecule has 0 bridgehead atoms. The number of para-hydroxylation sites is 1. The first-order chi connectivity index (χ1) is 12.6. The summed E-state index contributed by atoms with van der Waals surface area (Å²) in [6, 6.07) is 14.3. The predicted molar refractivity (Wildman–Crippen MR) is 104 cm³/mol. The molecule has 0 atom stereocenters. The summed E-state index contributed by atoms with van der Waals surface area (Å²) in [6.45, 7) is 5.22. The van der Waals surface area contributed by atoms with Crippen LogP contribution in [0.1, 0.15) is 23.4 Å². The van der Waals surface area contributed by atoms with Gasteiger partial charge < -0.3 is 19.4 Å². The van der Waals surface area contributed by atoms with Gasteiger partial charge in [-0.05, 0) is 49.8 Å². The highest BCUT2D eigenvalue weighted by molar-refractivity contribution is 5.76. The Labute approximate surface area is 155 Å². The molecule has 3 rings (SSSR count). The van der Waals surface area contributed by atoms with E-state index in [4.69, 9.17) is 9.15 Å². The zero-order chi connectivity index (χ0) is 18.4. The molecule has 1 N–H and O–H groups in total. The van der Waals surface area contributed by atoms with E-state index in [1.54, 1.807) is 0 Å². The number of oxazole rings is 1. The van der Waals surface area contributed by atoms with Gasteiger partial charge in [0.1, 0.15) is 11.3 Å². The van der Waals surface area contributed by atoms with Crippen LogP contribution >= 0.6 is 0 Å². The van der Waals surface area contributed by atoms with E-state index in [0.717, 1.165) is 55.1 Å². The zero-order valence-electron chi connectivity index (χ0n) is 15.8. The molecule has 0 aliphatic carbocycles. The fourth-order valence-corrected chi connectivity index (χ4v) is 2.87. The van der Waals surface area contributed by atoms with Crippen LogP contribution in [0.25, 0.3) is 11.1 Å². The fourth-order valence-electron chi connectivity index (χ4n) is 2.87. The van der Waals surface area contributed by atoms with Gasteiger partial charge in [0.05, 0.1) is 6.61 Å². The molecular weight excluding hydrogens is 326 g/mol. The van der Waals surface area contributed by atoms with E-state index in [1.807, 2.05) is 31.2 Å². The average molecular weight is 353 g/mol. The minimum absolute atomic E-state index is 0.702. The zero-order valence-corrected chi connectivity index (χ0v) is 15.8. The summed E-state index contributed by atoms with van der Waals surface area (Å²) in [4.78, 5) is 6.64. The van der Waals surface area contributed by atoms with Crippen LogP contribution in [0.5, 0.6) is 5.75 Å². The first-order valence-corrected chi connectivity index (χ1v) is 9.04. The van der Waals surface area contributed by atoms with E-state index in [2.05, 4.69) is 47.5 Å². The number of hydrogen-bond acceptors (Lipinski definition) is 5. The van der Waals surface area contributed by atoms with Gasteiger partial charge in [-0.15, -0.1) is 0 Å². The van der Waals surface area contributed by atoms with Crippen molar-refractivity contribution in [2.24, 2.45) is 0 Å². The van der Waals surface area contributed by atoms with Crippen molar-refractivity contribution in [2.45, 2.75) is 26.4 Å². The second kappa shape index (κ2) is 8.83. The first kappa shape index (κ1) is 18.4. The summed E-state index contributed by atoms with van der Waals surface area (Å²) < 4.78 is 11.4. The molecule has 0 radical (unpaired) electrons. The molecule has 1 aromatic heterocycles. The maximum atomic E-state index is 5.77. The summed E-state index contributed by atoms with van der Waals surface area (Å²) in [5.74, 6) is 1.63. The molecule has 0 aliphatic rings. The largest absolute Gasteiger partial charge is 0.494 e. The maximum Gasteiger partial charge on any atom is 0.192 e. The van der Waals surface area contributed by atoms with Crippen molar-refractivity contribution in [1.29, 1.82) is 0 Å². The molecule has 138 valence electrons. The molecule has 5 heteroatoms. The lowest BCUT2D eigenvalue weighted by molar-refractivity contribution is 0.281. The lowest BCUT2D eigenvalue weighted by atomic mass is 10.1. The molecule has 3 aromatic rings. The van der Waals surface area contributed by atoms with Crippen LogP contribution in [0, 0.1) is 6.92 Å². The number of benzene rings is 2. The Morgan fingerprint density at radius 3 is 2.65 bits per heavy atom. The van der Waals surface area contributed by atoms with Crippen molar-refractivity contribution in [1.82, 2.24) is 15.2 Å². The van der Waals surface area contributed by atoms with Crippen molar-refractivity contribution in [2.75, 3.05) is 27.2 Å². The van der Waals surface area contributed by atoms with Crippen LogP contribution in [-0.2, 0) is 13.1 Å². The van der Waals surface area contributed by atoms with Crippen LogP contribution in [-0.4, -0.2) is 37.1 Å². The quantitative estimate of drug-likeness (QED) is 0.594. The van der Waals surface area contributed by atoms with E-state index < -0.39 is 0 Å². The molecule has 0 aliphatic heterocycles. The lowest BCUT2D eigenvalue weighted by Crippen LogP contribution is -2.15. The third-order valence-electron chi connectivity index (χ3n) is 4.20. The van der Waals surface area contributed by atoms with Crippen molar-refractivity contribution in [3.63, 3.8) is 0 Å². The second-order valence-corrected chi connectivity index (χ2v) is 6.75. The molecule has 0 saturated carbocycles. The number of hydrogen-bond donors (Lipinski definition) is 1. The van der Waals surface area contributed by atoms with Crippen LogP contribution in [0.15, 0.2) is 46.9 Å². The number of nitrogens with zero attached hydrogens (tertiary/aromatic N) is 2. The normalized spacial score (nSPS) is 11.4. The molecule has 26 heavy (non-hydrogen) atoms. The third-order valence-corrected chi connectivity index (χ3v) is 4.20. The van der Waals surface area contributed by atoms with E-state index >= 15 is 0 Å². The Balaban J connectivity index is 1.47. The summed E-state index contributed by atoms with van der Waals surface area (Å²) in [5, 5.41) is 3.48. The molecule has 0 fully saturated rings. The van der Waals surface area contributed by atoms with Gasteiger partial charge in [-0.3, -0.25) is 0 Å². The molecule has 0 unspecified atom stereocenters. The summed E-state index contributed by atoms with van der Waals surface area (Å²) in [7, 11) is 4.15. The SMILES string of the molecule is Cc1nc2c(CNCc3ccc(OCCCN(C)C)cc3)cccc2o1. The summed E-state index contributed by atoms with van der Waals surface area (Å²) in [5.41, 5.74) is 4.17. The molecule has 2 aromatic carbocycles. The first-order valence-electron chi connectivity index (χ1n) is 9.04. The summed E-state index contributed by atoms with van der Waals surface area (Å²) in [6.07, 6.45) is 1.03. The van der Waals surface area contributed by atoms with Gasteiger partial charge >= 0.3 is 0 Å². The van der Waals surface area contributed by atoms with Gasteiger partial charge in [0.2, 0.25) is 0 Å². The monoisotopic (exact) mass is 353 g/mol. The van der Waals surface area contributed by atoms with Crippen LogP contribution in [0.2, 0.25) is 0 Å². The highest BCUT2D eigenvalue weighted by Crippen LogP contribution is 2.19. The van der Waals surface area contributed by atoms with E-state index in [-0.39, 0.29) is 0 Å². The predicted octanol–water partition coefficient (Wildman–Crippen LogP) is 3.76. The fraction of sp³-hybridized carbons (Fsp3) is 0.381. The van der Waals surface area contributed by atoms with Crippen molar-refractivity contribution >= 4 is 11.1 Å². The van der Waals surface area contributed by atoms with Crippen LogP contribution in [0.3, 0.4) is 0 Å². The van der Waals surface area contributed by atoms with Gasteiger partial charge in [-0.1, -0.05) is 24.3 Å². The minimum atomic E-state index is 0.702. The minimum Gasteiger partial charge on any atom is -0.494 e. The Morgan fingerprint density at radius 2 is 1.88 bits per heavy atom. The highest BCUT2D eigenvalue weighted by atomic mass is 16.5. The van der Waals surface area contributed by atoms with Crippen LogP contribution < -0.4 is 10.1 Å². The second-order valence-electron chi connectivity index (χ2n) is 6.75. The van der Waals surface area contributed by atoms with Gasteiger partial charge in [0, 0.05) is 26.6 Å². The Morgan fingerprint density at radius 1 is 1.08 bits per heavy atom. The Hall–Kier alpha value is -2.37. The van der Waals surface area contributed by atoms with Crippen molar-refractivity contribution in [3.8, 4) is 5.75 Å². The van der Waals surface area contributed by atoms with Crippen molar-refractivity contribution in [3.05, 3.63) is 59.5 Å². The van der Waals surface area contributed by atoms with E-state index in [1.165, 1.54) is 5.56 Å². The number of aryl methyl sites for hydroxylation is 1. The Kier molecular flexibility index (Phi) is 6.26. The van der Waals surface area contributed by atoms with Gasteiger partial charge in [-0.25, -0.2) is 4.98 Å². The molecular formula is C21H27N3O2. The van der Waals surface area contributed by atoms with E-state index in [9.17, 15) is 0 Å².